The van der Waals surface area contributed by atoms with Gasteiger partial charge in [-0.25, -0.2) is 4.79 Å². The number of amides is 1. The average molecular weight is 406 g/mol. The van der Waals surface area contributed by atoms with Crippen molar-refractivity contribution in [2.45, 2.75) is 19.3 Å². The first-order valence-corrected chi connectivity index (χ1v) is 9.84. The number of nitrogens with one attached hydrogen (secondary N) is 3. The number of H-pyrrole nitrogens is 2. The molecule has 9 heteroatoms. The van der Waals surface area contributed by atoms with Crippen LogP contribution in [0.2, 0.25) is 0 Å². The predicted octanol–water partition coefficient (Wildman–Crippen LogP) is 1.56. The molecule has 3 N–H and O–H groups in total. The third kappa shape index (κ3) is 4.62. The zero-order chi connectivity index (χ0) is 20.9. The average Bonchev–Trinajstić information content (AvgIpc) is 2.77. The number of nitrogens with zero attached hydrogens (tertiary/aromatic N) is 3. The lowest BCUT2D eigenvalue weighted by molar-refractivity contribution is 0.102. The molecule has 1 amide bonds. The molecule has 1 aliphatic rings. The second-order valence-corrected chi connectivity index (χ2v) is 7.34. The van der Waals surface area contributed by atoms with Crippen molar-refractivity contribution in [3.05, 3.63) is 80.8 Å². The van der Waals surface area contributed by atoms with Crippen LogP contribution < -0.4 is 21.5 Å². The third-order valence-electron chi connectivity index (χ3n) is 5.26. The number of carbonyl (C=O) groups is 1. The Morgan fingerprint density at radius 2 is 1.83 bits per heavy atom. The van der Waals surface area contributed by atoms with E-state index in [1.807, 2.05) is 11.1 Å². The first-order valence-electron chi connectivity index (χ1n) is 9.84. The van der Waals surface area contributed by atoms with Gasteiger partial charge in [-0.1, -0.05) is 30.3 Å². The molecule has 1 aromatic carbocycles. The van der Waals surface area contributed by atoms with E-state index in [0.29, 0.717) is 5.92 Å². The molecule has 0 spiro atoms. The van der Waals surface area contributed by atoms with Crippen LogP contribution in [0.1, 0.15) is 28.9 Å². The van der Waals surface area contributed by atoms with E-state index < -0.39 is 17.2 Å². The van der Waals surface area contributed by atoms with E-state index in [1.165, 1.54) is 5.56 Å². The van der Waals surface area contributed by atoms with Crippen LogP contribution in [0.3, 0.4) is 0 Å². The van der Waals surface area contributed by atoms with Crippen LogP contribution >= 0.6 is 0 Å². The fraction of sp³-hybridized carbons (Fsp3) is 0.286. The lowest BCUT2D eigenvalue weighted by Crippen LogP contribution is -2.35. The van der Waals surface area contributed by atoms with Gasteiger partial charge in [0.2, 0.25) is 0 Å². The maximum atomic E-state index is 12.3. The van der Waals surface area contributed by atoms with E-state index in [4.69, 9.17) is 0 Å². The topological polar surface area (TPSA) is 124 Å². The second kappa shape index (κ2) is 8.73. The Labute approximate surface area is 172 Å². The van der Waals surface area contributed by atoms with Gasteiger partial charge in [-0.2, -0.15) is 0 Å². The Morgan fingerprint density at radius 3 is 2.50 bits per heavy atom. The number of hydrogen-bond acceptors (Lipinski definition) is 6. The molecule has 9 nitrogen and oxygen atoms in total. The quantitative estimate of drug-likeness (QED) is 0.591. The first-order chi connectivity index (χ1) is 14.6. The minimum atomic E-state index is -0.685. The van der Waals surface area contributed by atoms with E-state index in [0.717, 1.165) is 44.4 Å². The number of hydrogen-bond donors (Lipinski definition) is 3. The highest BCUT2D eigenvalue weighted by atomic mass is 16.2. The molecule has 0 radical (unpaired) electrons. The van der Waals surface area contributed by atoms with Crippen molar-refractivity contribution >= 4 is 17.4 Å². The van der Waals surface area contributed by atoms with Gasteiger partial charge in [-0.15, -0.1) is 10.2 Å². The summed E-state index contributed by atoms with van der Waals surface area (Å²) in [6.07, 6.45) is 4.38. The molecular formula is C21H22N6O3. The van der Waals surface area contributed by atoms with Crippen molar-refractivity contribution < 1.29 is 4.79 Å². The SMILES string of the molecule is O=C(Nc1c[nH]c(=O)[nH]c1=O)c1ccc(N2CCC(Cc3ccccc3)CC2)nn1. The van der Waals surface area contributed by atoms with Gasteiger partial charge in [-0.3, -0.25) is 14.6 Å². The molecule has 154 valence electrons. The summed E-state index contributed by atoms with van der Waals surface area (Å²) in [5, 5.41) is 10.6. The summed E-state index contributed by atoms with van der Waals surface area (Å²) in [5.74, 6) is 0.803. The maximum absolute atomic E-state index is 12.3. The van der Waals surface area contributed by atoms with Crippen LogP contribution in [0.15, 0.2) is 58.3 Å². The van der Waals surface area contributed by atoms with Crippen molar-refractivity contribution in [3.8, 4) is 0 Å². The van der Waals surface area contributed by atoms with Crippen LogP contribution in [0.4, 0.5) is 11.5 Å². The highest BCUT2D eigenvalue weighted by molar-refractivity contribution is 6.02. The number of rotatable bonds is 5. The fourth-order valence-corrected chi connectivity index (χ4v) is 3.62. The summed E-state index contributed by atoms with van der Waals surface area (Å²) in [6, 6.07) is 13.9. The summed E-state index contributed by atoms with van der Waals surface area (Å²) in [7, 11) is 0. The van der Waals surface area contributed by atoms with Crippen LogP contribution in [0.5, 0.6) is 0 Å². The first kappa shape index (κ1) is 19.6. The lowest BCUT2D eigenvalue weighted by Gasteiger charge is -2.32. The highest BCUT2D eigenvalue weighted by Gasteiger charge is 2.21. The Kier molecular flexibility index (Phi) is 5.69. The van der Waals surface area contributed by atoms with Gasteiger partial charge in [0.1, 0.15) is 5.69 Å². The van der Waals surface area contributed by atoms with Crippen molar-refractivity contribution in [3.63, 3.8) is 0 Å². The minimum Gasteiger partial charge on any atom is -0.355 e. The smallest absolute Gasteiger partial charge is 0.325 e. The van der Waals surface area contributed by atoms with Crippen LogP contribution in [0, 0.1) is 5.92 Å². The van der Waals surface area contributed by atoms with Crippen molar-refractivity contribution in [1.29, 1.82) is 0 Å². The monoisotopic (exact) mass is 406 g/mol. The summed E-state index contributed by atoms with van der Waals surface area (Å²) >= 11 is 0. The zero-order valence-corrected chi connectivity index (χ0v) is 16.3. The zero-order valence-electron chi connectivity index (χ0n) is 16.3. The number of carbonyl (C=O) groups excluding carboxylic acids is 1. The second-order valence-electron chi connectivity index (χ2n) is 7.34. The van der Waals surface area contributed by atoms with Crippen LogP contribution in [-0.4, -0.2) is 39.2 Å². The number of aromatic amines is 2. The largest absolute Gasteiger partial charge is 0.355 e. The standard InChI is InChI=1S/C21H22N6O3/c28-19(23-17-13-22-21(30)24-20(17)29)16-6-7-18(26-25-16)27-10-8-15(9-11-27)12-14-4-2-1-3-5-14/h1-7,13,15H,8-12H2,(H,23,28)(H2,22,24,29,30). The van der Waals surface area contributed by atoms with Gasteiger partial charge >= 0.3 is 5.69 Å². The van der Waals surface area contributed by atoms with Gasteiger partial charge in [0, 0.05) is 19.3 Å². The number of aromatic nitrogens is 4. The molecule has 30 heavy (non-hydrogen) atoms. The van der Waals surface area contributed by atoms with Gasteiger partial charge in [0.15, 0.2) is 11.5 Å². The van der Waals surface area contributed by atoms with E-state index in [9.17, 15) is 14.4 Å². The van der Waals surface area contributed by atoms with Crippen LogP contribution in [0.25, 0.3) is 0 Å². The molecular weight excluding hydrogens is 384 g/mol. The molecule has 4 rings (SSSR count). The number of piperidine rings is 1. The summed E-state index contributed by atoms with van der Waals surface area (Å²) in [5.41, 5.74) is 0.0615. The summed E-state index contributed by atoms with van der Waals surface area (Å²) in [4.78, 5) is 41.5. The van der Waals surface area contributed by atoms with Crippen molar-refractivity contribution in [2.75, 3.05) is 23.3 Å². The predicted molar refractivity (Wildman–Crippen MR) is 113 cm³/mol. The molecule has 1 saturated heterocycles. The number of anilines is 2. The number of benzene rings is 1. The van der Waals surface area contributed by atoms with Crippen molar-refractivity contribution in [1.82, 2.24) is 20.2 Å². The summed E-state index contributed by atoms with van der Waals surface area (Å²) in [6.45, 7) is 1.79. The fourth-order valence-electron chi connectivity index (χ4n) is 3.62. The molecule has 0 unspecified atom stereocenters. The molecule has 3 heterocycles. The van der Waals surface area contributed by atoms with Gasteiger partial charge in [0.05, 0.1) is 0 Å². The maximum Gasteiger partial charge on any atom is 0.325 e. The normalized spacial score (nSPS) is 14.5. The molecule has 2 aromatic heterocycles. The Morgan fingerprint density at radius 1 is 1.07 bits per heavy atom. The third-order valence-corrected chi connectivity index (χ3v) is 5.26. The van der Waals surface area contributed by atoms with E-state index in [1.54, 1.807) is 12.1 Å². The molecule has 0 aliphatic carbocycles. The van der Waals surface area contributed by atoms with E-state index >= 15 is 0 Å². The molecule has 0 atom stereocenters. The Balaban J connectivity index is 1.34. The molecule has 0 saturated carbocycles. The van der Waals surface area contributed by atoms with E-state index in [-0.39, 0.29) is 11.4 Å². The van der Waals surface area contributed by atoms with E-state index in [2.05, 4.69) is 49.7 Å². The minimum absolute atomic E-state index is 0.0639. The molecule has 1 aliphatic heterocycles. The van der Waals surface area contributed by atoms with Crippen molar-refractivity contribution in [2.24, 2.45) is 5.92 Å². The summed E-state index contributed by atoms with van der Waals surface area (Å²) < 4.78 is 0. The lowest BCUT2D eigenvalue weighted by atomic mass is 9.90. The van der Waals surface area contributed by atoms with Gasteiger partial charge in [-0.05, 0) is 42.9 Å². The Hall–Kier alpha value is -3.75. The molecule has 3 aromatic rings. The molecule has 0 bridgehead atoms. The van der Waals surface area contributed by atoms with Gasteiger partial charge in [0.25, 0.3) is 11.5 Å². The van der Waals surface area contributed by atoms with Crippen LogP contribution in [-0.2, 0) is 6.42 Å². The Bertz CT molecular complexity index is 1120. The molecule has 1 fully saturated rings. The highest BCUT2D eigenvalue weighted by Crippen LogP contribution is 2.24. The van der Waals surface area contributed by atoms with Gasteiger partial charge < -0.3 is 15.2 Å².